The lowest BCUT2D eigenvalue weighted by Crippen LogP contribution is -2.06. The molecule has 1 aliphatic rings. The lowest BCUT2D eigenvalue weighted by Gasteiger charge is -2.15. The molecular formula is C10H14O4. The van der Waals surface area contributed by atoms with Gasteiger partial charge < -0.3 is 14.6 Å². The van der Waals surface area contributed by atoms with Gasteiger partial charge in [0.15, 0.2) is 11.5 Å². The first-order chi connectivity index (χ1) is 6.74. The van der Waals surface area contributed by atoms with E-state index in [0.717, 1.165) is 12.8 Å². The molecule has 0 aromatic rings. The van der Waals surface area contributed by atoms with E-state index in [9.17, 15) is 4.79 Å². The van der Waals surface area contributed by atoms with Crippen LogP contribution in [0.15, 0.2) is 23.7 Å². The van der Waals surface area contributed by atoms with Crippen LogP contribution in [0.5, 0.6) is 0 Å². The molecule has 0 unspecified atom stereocenters. The summed E-state index contributed by atoms with van der Waals surface area (Å²) in [6, 6.07) is 0. The molecule has 4 nitrogen and oxygen atoms in total. The summed E-state index contributed by atoms with van der Waals surface area (Å²) < 4.78 is 10.4. The number of carboxylic acids is 1. The van der Waals surface area contributed by atoms with Gasteiger partial charge >= 0.3 is 5.97 Å². The molecule has 0 amide bonds. The first kappa shape index (κ1) is 10.6. The van der Waals surface area contributed by atoms with Gasteiger partial charge in [-0.3, -0.25) is 4.79 Å². The summed E-state index contributed by atoms with van der Waals surface area (Å²) in [6.07, 6.45) is 5.72. The number of allylic oxidation sites excluding steroid dienone is 2. The van der Waals surface area contributed by atoms with E-state index in [1.807, 2.05) is 12.2 Å². The molecule has 0 aromatic heterocycles. The van der Waals surface area contributed by atoms with Gasteiger partial charge in [0.05, 0.1) is 20.1 Å². The molecule has 4 heteroatoms. The van der Waals surface area contributed by atoms with Crippen molar-refractivity contribution in [2.24, 2.45) is 0 Å². The maximum absolute atomic E-state index is 10.2. The quantitative estimate of drug-likeness (QED) is 0.730. The number of ether oxygens (including phenoxy) is 2. The summed E-state index contributed by atoms with van der Waals surface area (Å²) >= 11 is 0. The summed E-state index contributed by atoms with van der Waals surface area (Å²) in [5, 5.41) is 8.42. The molecule has 0 atom stereocenters. The van der Waals surface area contributed by atoms with Crippen molar-refractivity contribution < 1.29 is 19.4 Å². The molecule has 0 aromatic carbocycles. The topological polar surface area (TPSA) is 55.8 Å². The minimum Gasteiger partial charge on any atom is -0.493 e. The lowest BCUT2D eigenvalue weighted by molar-refractivity contribution is -0.137. The minimum absolute atomic E-state index is 0.00827. The molecule has 0 radical (unpaired) electrons. The molecule has 1 N–H and O–H groups in total. The summed E-state index contributed by atoms with van der Waals surface area (Å²) in [5.74, 6) is 0.492. The summed E-state index contributed by atoms with van der Waals surface area (Å²) in [4.78, 5) is 10.2. The molecule has 0 saturated carbocycles. The number of aliphatic carboxylic acids is 1. The molecule has 0 bridgehead atoms. The highest BCUT2D eigenvalue weighted by atomic mass is 16.5. The van der Waals surface area contributed by atoms with Gasteiger partial charge in [0.2, 0.25) is 0 Å². The van der Waals surface area contributed by atoms with Crippen molar-refractivity contribution in [3.05, 3.63) is 23.7 Å². The van der Waals surface area contributed by atoms with Crippen molar-refractivity contribution in [2.75, 3.05) is 13.7 Å². The van der Waals surface area contributed by atoms with Crippen LogP contribution < -0.4 is 0 Å². The molecule has 0 spiro atoms. The van der Waals surface area contributed by atoms with Crippen molar-refractivity contribution in [2.45, 2.75) is 19.3 Å². The Hall–Kier alpha value is -1.45. The Labute approximate surface area is 82.8 Å². The van der Waals surface area contributed by atoms with Crippen LogP contribution in [0, 0.1) is 0 Å². The van der Waals surface area contributed by atoms with Crippen LogP contribution in [0.3, 0.4) is 0 Å². The molecule has 0 aliphatic heterocycles. The van der Waals surface area contributed by atoms with Crippen LogP contribution in [-0.2, 0) is 14.3 Å². The van der Waals surface area contributed by atoms with Crippen molar-refractivity contribution >= 4 is 5.97 Å². The van der Waals surface area contributed by atoms with Crippen LogP contribution in [-0.4, -0.2) is 24.8 Å². The van der Waals surface area contributed by atoms with Crippen molar-refractivity contribution in [3.63, 3.8) is 0 Å². The number of hydrogen-bond acceptors (Lipinski definition) is 3. The van der Waals surface area contributed by atoms with Gasteiger partial charge in [-0.25, -0.2) is 0 Å². The average molecular weight is 198 g/mol. The zero-order valence-electron chi connectivity index (χ0n) is 8.16. The van der Waals surface area contributed by atoms with E-state index in [4.69, 9.17) is 14.6 Å². The summed E-state index contributed by atoms with van der Waals surface area (Å²) in [5.41, 5.74) is 0. The van der Waals surface area contributed by atoms with Gasteiger partial charge in [-0.05, 0) is 25.0 Å². The molecule has 1 rings (SSSR count). The SMILES string of the molecule is COC1=CCCC=C1OCCC(=O)O. The second-order valence-electron chi connectivity index (χ2n) is 2.91. The maximum atomic E-state index is 10.2. The molecule has 0 saturated heterocycles. The molecule has 78 valence electrons. The van der Waals surface area contributed by atoms with E-state index < -0.39 is 5.97 Å². The Morgan fingerprint density at radius 1 is 1.43 bits per heavy atom. The largest absolute Gasteiger partial charge is 0.493 e. The predicted molar refractivity (Wildman–Crippen MR) is 50.6 cm³/mol. The Morgan fingerprint density at radius 3 is 2.64 bits per heavy atom. The summed E-state index contributed by atoms with van der Waals surface area (Å²) in [7, 11) is 1.57. The van der Waals surface area contributed by atoms with E-state index >= 15 is 0 Å². The van der Waals surface area contributed by atoms with E-state index in [2.05, 4.69) is 0 Å². The van der Waals surface area contributed by atoms with Crippen LogP contribution in [0.2, 0.25) is 0 Å². The number of hydrogen-bond donors (Lipinski definition) is 1. The van der Waals surface area contributed by atoms with Gasteiger partial charge in [0.25, 0.3) is 0 Å². The van der Waals surface area contributed by atoms with Crippen LogP contribution >= 0.6 is 0 Å². The lowest BCUT2D eigenvalue weighted by atomic mass is 10.1. The van der Waals surface area contributed by atoms with Crippen molar-refractivity contribution in [1.29, 1.82) is 0 Å². The average Bonchev–Trinajstić information content (AvgIpc) is 2.18. The molecule has 0 heterocycles. The monoisotopic (exact) mass is 198 g/mol. The standard InChI is InChI=1S/C10H14O4/c1-13-8-4-2-3-5-9(8)14-7-6-10(11)12/h4-5H,2-3,6-7H2,1H3,(H,11,12). The zero-order valence-corrected chi connectivity index (χ0v) is 8.16. The maximum Gasteiger partial charge on any atom is 0.306 e. The van der Waals surface area contributed by atoms with E-state index in [1.165, 1.54) is 0 Å². The van der Waals surface area contributed by atoms with Crippen molar-refractivity contribution in [3.8, 4) is 0 Å². The highest BCUT2D eigenvalue weighted by Gasteiger charge is 2.10. The van der Waals surface area contributed by atoms with Gasteiger partial charge in [-0.2, -0.15) is 0 Å². The van der Waals surface area contributed by atoms with Crippen LogP contribution in [0.25, 0.3) is 0 Å². The third-order valence-corrected chi connectivity index (χ3v) is 1.86. The third kappa shape index (κ3) is 3.12. The van der Waals surface area contributed by atoms with E-state index in [-0.39, 0.29) is 13.0 Å². The normalized spacial score (nSPS) is 15.5. The molecule has 1 aliphatic carbocycles. The fourth-order valence-corrected chi connectivity index (χ4v) is 1.19. The fraction of sp³-hybridized carbons (Fsp3) is 0.500. The first-order valence-electron chi connectivity index (χ1n) is 4.53. The first-order valence-corrected chi connectivity index (χ1v) is 4.53. The van der Waals surface area contributed by atoms with Gasteiger partial charge in [0, 0.05) is 0 Å². The highest BCUT2D eigenvalue weighted by Crippen LogP contribution is 2.20. The van der Waals surface area contributed by atoms with Crippen LogP contribution in [0.4, 0.5) is 0 Å². The zero-order chi connectivity index (χ0) is 10.4. The second-order valence-corrected chi connectivity index (χ2v) is 2.91. The Morgan fingerprint density at radius 2 is 2.07 bits per heavy atom. The summed E-state index contributed by atoms with van der Waals surface area (Å²) in [6.45, 7) is 0.182. The number of carbonyl (C=O) groups is 1. The Bertz CT molecular complexity index is 265. The Balaban J connectivity index is 2.39. The fourth-order valence-electron chi connectivity index (χ4n) is 1.19. The third-order valence-electron chi connectivity index (χ3n) is 1.86. The van der Waals surface area contributed by atoms with E-state index in [1.54, 1.807) is 7.11 Å². The minimum atomic E-state index is -0.857. The Kier molecular flexibility index (Phi) is 4.04. The van der Waals surface area contributed by atoms with Gasteiger partial charge in [-0.15, -0.1) is 0 Å². The molecule has 14 heavy (non-hydrogen) atoms. The smallest absolute Gasteiger partial charge is 0.306 e. The molecular weight excluding hydrogens is 184 g/mol. The van der Waals surface area contributed by atoms with Gasteiger partial charge in [-0.1, -0.05) is 0 Å². The molecule has 0 fully saturated rings. The number of methoxy groups -OCH3 is 1. The second kappa shape index (κ2) is 5.32. The van der Waals surface area contributed by atoms with Crippen molar-refractivity contribution in [1.82, 2.24) is 0 Å². The highest BCUT2D eigenvalue weighted by molar-refractivity contribution is 5.66. The number of rotatable bonds is 5. The predicted octanol–water partition coefficient (Wildman–Crippen LogP) is 1.69. The van der Waals surface area contributed by atoms with Gasteiger partial charge in [0.1, 0.15) is 0 Å². The van der Waals surface area contributed by atoms with E-state index in [0.29, 0.717) is 11.5 Å². The van der Waals surface area contributed by atoms with Crippen LogP contribution in [0.1, 0.15) is 19.3 Å². The number of carboxylic acid groups (broad SMARTS) is 1.